The molecule has 110 valence electrons. The van der Waals surface area contributed by atoms with Crippen LogP contribution in [0.1, 0.15) is 24.8 Å². The number of hydrogen-bond donors (Lipinski definition) is 1. The zero-order valence-electron chi connectivity index (χ0n) is 10.9. The van der Waals surface area contributed by atoms with Crippen LogP contribution in [-0.4, -0.2) is 30.3 Å². The lowest BCUT2D eigenvalue weighted by atomic mass is 10.1. The van der Waals surface area contributed by atoms with Crippen LogP contribution in [0.25, 0.3) is 0 Å². The van der Waals surface area contributed by atoms with Crippen molar-refractivity contribution in [2.45, 2.75) is 37.6 Å². The van der Waals surface area contributed by atoms with Crippen molar-refractivity contribution < 1.29 is 17.9 Å². The highest BCUT2D eigenvalue weighted by Gasteiger charge is 2.38. The number of nitrogens with two attached hydrogens (primary N) is 1. The molecule has 7 heteroatoms. The number of fused-ring (bicyclic) bond motifs is 1. The third-order valence-corrected chi connectivity index (χ3v) is 3.94. The summed E-state index contributed by atoms with van der Waals surface area (Å²) >= 11 is 0. The Labute approximate surface area is 114 Å². The monoisotopic (exact) mass is 287 g/mol. The third kappa shape index (κ3) is 2.42. The molecule has 1 saturated heterocycles. The Kier molecular flexibility index (Phi) is 3.24. The molecular weight excluding hydrogens is 271 g/mol. The molecule has 2 heterocycles. The molecule has 1 aromatic rings. The average molecular weight is 287 g/mol. The zero-order valence-corrected chi connectivity index (χ0v) is 10.9. The average Bonchev–Trinajstić information content (AvgIpc) is 2.84. The van der Waals surface area contributed by atoms with Crippen molar-refractivity contribution in [2.75, 3.05) is 23.8 Å². The van der Waals surface area contributed by atoms with Gasteiger partial charge in [0.15, 0.2) is 0 Å². The van der Waals surface area contributed by atoms with Crippen LogP contribution in [0.5, 0.6) is 0 Å². The molecule has 2 N–H and O–H groups in total. The second-order valence-electron chi connectivity index (χ2n) is 5.24. The van der Waals surface area contributed by atoms with Gasteiger partial charge in [-0.25, -0.2) is 4.98 Å². The van der Waals surface area contributed by atoms with E-state index in [4.69, 9.17) is 10.5 Å². The van der Waals surface area contributed by atoms with Crippen LogP contribution in [0.4, 0.5) is 24.8 Å². The van der Waals surface area contributed by atoms with Crippen molar-refractivity contribution in [1.29, 1.82) is 0 Å². The molecule has 1 aliphatic heterocycles. The largest absolute Gasteiger partial charge is 0.416 e. The van der Waals surface area contributed by atoms with Crippen molar-refractivity contribution in [3.63, 3.8) is 0 Å². The highest BCUT2D eigenvalue weighted by Crippen LogP contribution is 2.36. The molecule has 0 bridgehead atoms. The number of ether oxygens (including phenoxy) is 1. The van der Waals surface area contributed by atoms with E-state index in [9.17, 15) is 13.2 Å². The molecule has 0 aromatic carbocycles. The standard InChI is InChI=1S/C13H16F3N3O/c14-13(15,16)8-6-11(17)18-12(7-8)19-4-5-20-10-3-1-2-9(10)19/h6-7,9-10H,1-5H2,(H2,17,18). The fourth-order valence-corrected chi connectivity index (χ4v) is 3.06. The second-order valence-corrected chi connectivity index (χ2v) is 5.24. The summed E-state index contributed by atoms with van der Waals surface area (Å²) in [5, 5.41) is 0. The van der Waals surface area contributed by atoms with Crippen LogP contribution in [0.15, 0.2) is 12.1 Å². The Balaban J connectivity index is 1.95. The zero-order chi connectivity index (χ0) is 14.3. The maximum absolute atomic E-state index is 12.9. The van der Waals surface area contributed by atoms with Gasteiger partial charge in [0.05, 0.1) is 24.3 Å². The van der Waals surface area contributed by atoms with Gasteiger partial charge in [-0.1, -0.05) is 0 Å². The fourth-order valence-electron chi connectivity index (χ4n) is 3.06. The number of aromatic nitrogens is 1. The highest BCUT2D eigenvalue weighted by molar-refractivity contribution is 5.50. The molecule has 0 radical (unpaired) electrons. The van der Waals surface area contributed by atoms with Crippen LogP contribution in [0.3, 0.4) is 0 Å². The summed E-state index contributed by atoms with van der Waals surface area (Å²) in [6.45, 7) is 1.06. The topological polar surface area (TPSA) is 51.4 Å². The maximum Gasteiger partial charge on any atom is 0.416 e. The number of hydrogen-bond acceptors (Lipinski definition) is 4. The smallest absolute Gasteiger partial charge is 0.384 e. The Morgan fingerprint density at radius 3 is 2.85 bits per heavy atom. The minimum Gasteiger partial charge on any atom is -0.384 e. The number of morpholine rings is 1. The molecule has 2 unspecified atom stereocenters. The predicted octanol–water partition coefficient (Wildman–Crippen LogP) is 2.44. The molecule has 1 saturated carbocycles. The van der Waals surface area contributed by atoms with Gasteiger partial charge in [-0.15, -0.1) is 0 Å². The first-order chi connectivity index (χ1) is 9.45. The van der Waals surface area contributed by atoms with Gasteiger partial charge in [0, 0.05) is 6.54 Å². The van der Waals surface area contributed by atoms with Gasteiger partial charge in [-0.05, 0) is 31.4 Å². The van der Waals surface area contributed by atoms with Crippen LogP contribution >= 0.6 is 0 Å². The van der Waals surface area contributed by atoms with Crippen LogP contribution < -0.4 is 10.6 Å². The first kappa shape index (κ1) is 13.5. The predicted molar refractivity (Wildman–Crippen MR) is 68.4 cm³/mol. The van der Waals surface area contributed by atoms with E-state index in [-0.39, 0.29) is 18.0 Å². The van der Waals surface area contributed by atoms with E-state index in [0.717, 1.165) is 31.4 Å². The van der Waals surface area contributed by atoms with E-state index in [0.29, 0.717) is 19.0 Å². The van der Waals surface area contributed by atoms with Crippen molar-refractivity contribution >= 4 is 11.6 Å². The molecule has 4 nitrogen and oxygen atoms in total. The molecule has 20 heavy (non-hydrogen) atoms. The SMILES string of the molecule is Nc1cc(C(F)(F)F)cc(N2CCOC3CCCC32)n1. The lowest BCUT2D eigenvalue weighted by molar-refractivity contribution is -0.137. The molecule has 0 amide bonds. The van der Waals surface area contributed by atoms with E-state index < -0.39 is 11.7 Å². The molecule has 1 aliphatic carbocycles. The van der Waals surface area contributed by atoms with Crippen molar-refractivity contribution in [3.8, 4) is 0 Å². The van der Waals surface area contributed by atoms with Gasteiger partial charge in [0.1, 0.15) is 11.6 Å². The first-order valence-corrected chi connectivity index (χ1v) is 6.68. The van der Waals surface area contributed by atoms with Gasteiger partial charge in [-0.3, -0.25) is 0 Å². The van der Waals surface area contributed by atoms with Crippen LogP contribution in [0, 0.1) is 0 Å². The minimum atomic E-state index is -4.41. The second kappa shape index (κ2) is 4.80. The molecule has 2 atom stereocenters. The Morgan fingerprint density at radius 2 is 2.10 bits per heavy atom. The summed E-state index contributed by atoms with van der Waals surface area (Å²) in [7, 11) is 0. The number of nitrogen functional groups attached to an aromatic ring is 1. The first-order valence-electron chi connectivity index (χ1n) is 6.68. The van der Waals surface area contributed by atoms with Crippen LogP contribution in [0.2, 0.25) is 0 Å². The summed E-state index contributed by atoms with van der Waals surface area (Å²) in [5.41, 5.74) is 4.78. The summed E-state index contributed by atoms with van der Waals surface area (Å²) in [6, 6.07) is 2.06. The fraction of sp³-hybridized carbons (Fsp3) is 0.615. The van der Waals surface area contributed by atoms with Crippen LogP contribution in [-0.2, 0) is 10.9 Å². The molecular formula is C13H16F3N3O. The Morgan fingerprint density at radius 1 is 1.30 bits per heavy atom. The highest BCUT2D eigenvalue weighted by atomic mass is 19.4. The van der Waals surface area contributed by atoms with Gasteiger partial charge in [0.25, 0.3) is 0 Å². The van der Waals surface area contributed by atoms with Crippen molar-refractivity contribution in [3.05, 3.63) is 17.7 Å². The minimum absolute atomic E-state index is 0.0984. The Bertz CT molecular complexity index is 506. The number of anilines is 2. The molecule has 2 fully saturated rings. The van der Waals surface area contributed by atoms with E-state index >= 15 is 0 Å². The van der Waals surface area contributed by atoms with Gasteiger partial charge >= 0.3 is 6.18 Å². The quantitative estimate of drug-likeness (QED) is 0.862. The van der Waals surface area contributed by atoms with Gasteiger partial charge < -0.3 is 15.4 Å². The van der Waals surface area contributed by atoms with E-state index in [1.54, 1.807) is 0 Å². The number of halogens is 3. The Hall–Kier alpha value is -1.50. The summed E-state index contributed by atoms with van der Waals surface area (Å²) < 4.78 is 44.2. The lowest BCUT2D eigenvalue weighted by Crippen LogP contribution is -2.49. The summed E-state index contributed by atoms with van der Waals surface area (Å²) in [6.07, 6.45) is -1.41. The van der Waals surface area contributed by atoms with Gasteiger partial charge in [-0.2, -0.15) is 13.2 Å². The third-order valence-electron chi connectivity index (χ3n) is 3.94. The number of alkyl halides is 3. The number of pyridine rings is 1. The molecule has 1 aromatic heterocycles. The molecule has 3 rings (SSSR count). The van der Waals surface area contributed by atoms with E-state index in [1.807, 2.05) is 4.90 Å². The van der Waals surface area contributed by atoms with Crippen molar-refractivity contribution in [2.24, 2.45) is 0 Å². The molecule has 2 aliphatic rings. The normalized spacial score (nSPS) is 26.6. The lowest BCUT2D eigenvalue weighted by Gasteiger charge is -2.38. The molecule has 0 spiro atoms. The summed E-state index contributed by atoms with van der Waals surface area (Å²) in [4.78, 5) is 5.99. The van der Waals surface area contributed by atoms with Gasteiger partial charge in [0.2, 0.25) is 0 Å². The number of rotatable bonds is 1. The summed E-state index contributed by atoms with van der Waals surface area (Å²) in [5.74, 6) is 0.202. The maximum atomic E-state index is 12.9. The van der Waals surface area contributed by atoms with E-state index in [1.165, 1.54) is 0 Å². The van der Waals surface area contributed by atoms with E-state index in [2.05, 4.69) is 4.98 Å². The number of nitrogens with zero attached hydrogens (tertiary/aromatic N) is 2. The van der Waals surface area contributed by atoms with Crippen molar-refractivity contribution in [1.82, 2.24) is 4.98 Å².